The highest BCUT2D eigenvalue weighted by Gasteiger charge is 2.31. The molecule has 0 aliphatic carbocycles. The Hall–Kier alpha value is -2.29. The fourth-order valence-corrected chi connectivity index (χ4v) is 5.93. The van der Waals surface area contributed by atoms with Crippen LogP contribution in [-0.4, -0.2) is 56.0 Å². The van der Waals surface area contributed by atoms with E-state index in [0.717, 1.165) is 45.9 Å². The molecule has 8 heteroatoms. The van der Waals surface area contributed by atoms with E-state index >= 15 is 0 Å². The topological polar surface area (TPSA) is 61.9 Å². The van der Waals surface area contributed by atoms with Gasteiger partial charge in [-0.3, -0.25) is 19.4 Å². The van der Waals surface area contributed by atoms with Crippen molar-refractivity contribution in [2.75, 3.05) is 38.2 Å². The number of halogens is 1. The van der Waals surface area contributed by atoms with Gasteiger partial charge in [-0.1, -0.05) is 36.9 Å². The molecule has 2 aliphatic heterocycles. The van der Waals surface area contributed by atoms with Crippen molar-refractivity contribution >= 4 is 51.3 Å². The van der Waals surface area contributed by atoms with Crippen LogP contribution in [0.1, 0.15) is 25.3 Å². The lowest BCUT2D eigenvalue weighted by Gasteiger charge is -2.30. The second-order valence-corrected chi connectivity index (χ2v) is 10.0. The second-order valence-electron chi connectivity index (χ2n) is 8.09. The average molecular weight is 530 g/mol. The number of likely N-dealkylation sites (N-methyl/N-ethyl adjacent to an activating group) is 1. The van der Waals surface area contributed by atoms with Gasteiger partial charge in [0.05, 0.1) is 22.2 Å². The molecule has 174 valence electrons. The fourth-order valence-electron chi connectivity index (χ4n) is 4.32. The van der Waals surface area contributed by atoms with Crippen LogP contribution < -0.4 is 15.0 Å². The standard InChI is InChI=1S/C25H28BrN3O3S/c1-3-28-12-6-7-18(28)15-27-24(30)16-29-20-8-4-5-9-22(20)33-23(25(29)31)14-17-10-11-21(32-2)19(26)13-17/h4-5,8-11,13-14,18H,3,6-7,12,15-16H2,1-2H3,(H,27,30)/b23-14+/t18-/m1/s1. The number of nitrogens with zero attached hydrogens (tertiary/aromatic N) is 2. The molecule has 2 aromatic carbocycles. The van der Waals surface area contributed by atoms with Gasteiger partial charge in [0.1, 0.15) is 12.3 Å². The van der Waals surface area contributed by atoms with Gasteiger partial charge >= 0.3 is 0 Å². The van der Waals surface area contributed by atoms with Gasteiger partial charge in [0.25, 0.3) is 5.91 Å². The minimum absolute atomic E-state index is 0.00109. The maximum atomic E-state index is 13.4. The molecule has 2 aromatic rings. The first-order valence-electron chi connectivity index (χ1n) is 11.1. The smallest absolute Gasteiger partial charge is 0.265 e. The van der Waals surface area contributed by atoms with Crippen molar-refractivity contribution in [2.24, 2.45) is 0 Å². The summed E-state index contributed by atoms with van der Waals surface area (Å²) in [6.45, 7) is 4.84. The van der Waals surface area contributed by atoms with Crippen LogP contribution in [0.15, 0.2) is 56.7 Å². The molecule has 2 amide bonds. The molecule has 0 saturated carbocycles. The molecule has 6 nitrogen and oxygen atoms in total. The molecule has 0 radical (unpaired) electrons. The summed E-state index contributed by atoms with van der Waals surface area (Å²) < 4.78 is 6.11. The number of hydrogen-bond acceptors (Lipinski definition) is 5. The maximum Gasteiger partial charge on any atom is 0.265 e. The second kappa shape index (κ2) is 10.8. The lowest BCUT2D eigenvalue weighted by molar-refractivity contribution is -0.122. The first-order valence-corrected chi connectivity index (χ1v) is 12.8. The van der Waals surface area contributed by atoms with E-state index < -0.39 is 0 Å². The predicted molar refractivity (Wildman–Crippen MR) is 137 cm³/mol. The van der Waals surface area contributed by atoms with Crippen molar-refractivity contribution in [3.05, 3.63) is 57.4 Å². The lowest BCUT2D eigenvalue weighted by Crippen LogP contribution is -2.46. The number of methoxy groups -OCH3 is 1. The van der Waals surface area contributed by atoms with E-state index in [1.54, 1.807) is 12.0 Å². The largest absolute Gasteiger partial charge is 0.496 e. The third-order valence-electron chi connectivity index (χ3n) is 6.05. The summed E-state index contributed by atoms with van der Waals surface area (Å²) in [4.78, 5) is 31.7. The van der Waals surface area contributed by atoms with Gasteiger partial charge in [0, 0.05) is 17.5 Å². The molecule has 4 rings (SSSR count). The van der Waals surface area contributed by atoms with Crippen LogP contribution in [0.3, 0.4) is 0 Å². The first kappa shape index (κ1) is 23.9. The molecule has 2 aliphatic rings. The van der Waals surface area contributed by atoms with Crippen LogP contribution >= 0.6 is 27.7 Å². The van der Waals surface area contributed by atoms with E-state index in [0.29, 0.717) is 17.5 Å². The fraction of sp³-hybridized carbons (Fsp3) is 0.360. The molecule has 0 spiro atoms. The van der Waals surface area contributed by atoms with Gasteiger partial charge in [0.15, 0.2) is 0 Å². The zero-order chi connectivity index (χ0) is 23.4. The van der Waals surface area contributed by atoms with Gasteiger partial charge in [0.2, 0.25) is 5.91 Å². The van der Waals surface area contributed by atoms with Crippen molar-refractivity contribution < 1.29 is 14.3 Å². The molecule has 1 saturated heterocycles. The predicted octanol–water partition coefficient (Wildman–Crippen LogP) is 4.54. The average Bonchev–Trinajstić information content (AvgIpc) is 3.28. The van der Waals surface area contributed by atoms with Gasteiger partial charge in [-0.15, -0.1) is 0 Å². The SMILES string of the molecule is CCN1CCC[C@@H]1CNC(=O)CN1C(=O)/C(=C\c2ccc(OC)c(Br)c2)Sc2ccccc21. The Morgan fingerprint density at radius 1 is 1.30 bits per heavy atom. The molecule has 33 heavy (non-hydrogen) atoms. The molecule has 0 unspecified atom stereocenters. The van der Waals surface area contributed by atoms with Gasteiger partial charge in [-0.25, -0.2) is 0 Å². The number of hydrogen-bond donors (Lipinski definition) is 1. The number of thioether (sulfide) groups is 1. The summed E-state index contributed by atoms with van der Waals surface area (Å²) in [5.74, 6) is 0.420. The van der Waals surface area contributed by atoms with Crippen LogP contribution in [0.5, 0.6) is 5.75 Å². The lowest BCUT2D eigenvalue weighted by atomic mass is 10.2. The van der Waals surface area contributed by atoms with Crippen LogP contribution in [0.25, 0.3) is 6.08 Å². The third kappa shape index (κ3) is 5.45. The molecule has 1 atom stereocenters. The highest BCUT2D eigenvalue weighted by molar-refractivity contribution is 9.10. The Morgan fingerprint density at radius 3 is 2.88 bits per heavy atom. The summed E-state index contributed by atoms with van der Waals surface area (Å²) in [5, 5.41) is 3.05. The number of ether oxygens (including phenoxy) is 1. The van der Waals surface area contributed by atoms with Crippen molar-refractivity contribution in [3.63, 3.8) is 0 Å². The molecular formula is C25H28BrN3O3S. The first-order chi connectivity index (χ1) is 16.0. The number of anilines is 1. The number of fused-ring (bicyclic) bond motifs is 1. The van der Waals surface area contributed by atoms with Crippen molar-refractivity contribution in [3.8, 4) is 5.75 Å². The number of carbonyl (C=O) groups excluding carboxylic acids is 2. The molecule has 0 aromatic heterocycles. The normalized spacial score (nSPS) is 19.6. The Labute approximate surface area is 207 Å². The van der Waals surface area contributed by atoms with Crippen LogP contribution in [-0.2, 0) is 9.59 Å². The quantitative estimate of drug-likeness (QED) is 0.533. The van der Waals surface area contributed by atoms with E-state index in [1.807, 2.05) is 48.5 Å². The number of rotatable bonds is 7. The number of likely N-dealkylation sites (tertiary alicyclic amines) is 1. The Kier molecular flexibility index (Phi) is 7.78. The Bertz CT molecular complexity index is 1070. The van der Waals surface area contributed by atoms with Gasteiger partial charge < -0.3 is 10.1 Å². The zero-order valence-electron chi connectivity index (χ0n) is 18.8. The number of benzene rings is 2. The van der Waals surface area contributed by atoms with Crippen LogP contribution in [0, 0.1) is 0 Å². The van der Waals surface area contributed by atoms with E-state index in [4.69, 9.17) is 4.74 Å². The van der Waals surface area contributed by atoms with Crippen molar-refractivity contribution in [1.29, 1.82) is 0 Å². The molecule has 2 heterocycles. The van der Waals surface area contributed by atoms with Crippen molar-refractivity contribution in [1.82, 2.24) is 10.2 Å². The molecular weight excluding hydrogens is 502 g/mol. The molecule has 1 N–H and O–H groups in total. The van der Waals surface area contributed by atoms with E-state index in [1.165, 1.54) is 18.2 Å². The highest BCUT2D eigenvalue weighted by Crippen LogP contribution is 2.42. The summed E-state index contributed by atoms with van der Waals surface area (Å²) in [6.07, 6.45) is 4.12. The maximum absolute atomic E-state index is 13.4. The van der Waals surface area contributed by atoms with Crippen molar-refractivity contribution in [2.45, 2.75) is 30.7 Å². The zero-order valence-corrected chi connectivity index (χ0v) is 21.2. The van der Waals surface area contributed by atoms with Crippen LogP contribution in [0.4, 0.5) is 5.69 Å². The van der Waals surface area contributed by atoms with Gasteiger partial charge in [-0.2, -0.15) is 0 Å². The monoisotopic (exact) mass is 529 g/mol. The van der Waals surface area contributed by atoms with Gasteiger partial charge in [-0.05, 0) is 77.8 Å². The number of para-hydroxylation sites is 1. The summed E-state index contributed by atoms with van der Waals surface area (Å²) >= 11 is 4.93. The molecule has 0 bridgehead atoms. The highest BCUT2D eigenvalue weighted by atomic mass is 79.9. The number of nitrogens with one attached hydrogen (secondary N) is 1. The Balaban J connectivity index is 1.52. The minimum Gasteiger partial charge on any atom is -0.496 e. The summed E-state index contributed by atoms with van der Waals surface area (Å²) in [7, 11) is 1.62. The molecule has 1 fully saturated rings. The Morgan fingerprint density at radius 2 is 2.12 bits per heavy atom. The number of amides is 2. The summed E-state index contributed by atoms with van der Waals surface area (Å²) in [5.41, 5.74) is 1.65. The minimum atomic E-state index is -0.170. The van der Waals surface area contributed by atoms with E-state index in [9.17, 15) is 9.59 Å². The number of carbonyl (C=O) groups is 2. The van der Waals surface area contributed by atoms with E-state index in [2.05, 4.69) is 33.1 Å². The van der Waals surface area contributed by atoms with Crippen LogP contribution in [0.2, 0.25) is 0 Å². The third-order valence-corrected chi connectivity index (χ3v) is 7.74. The van der Waals surface area contributed by atoms with E-state index in [-0.39, 0.29) is 18.4 Å². The summed E-state index contributed by atoms with van der Waals surface area (Å²) in [6, 6.07) is 13.8.